The molecule has 2 atom stereocenters. The summed E-state index contributed by atoms with van der Waals surface area (Å²) < 4.78 is 27.2. The number of aryl methyl sites for hydroxylation is 1. The van der Waals surface area contributed by atoms with E-state index in [9.17, 15) is 18.0 Å². The molecule has 0 bridgehead atoms. The van der Waals surface area contributed by atoms with Crippen molar-refractivity contribution >= 4 is 39.3 Å². The maximum absolute atomic E-state index is 12.9. The minimum absolute atomic E-state index is 0.00126. The van der Waals surface area contributed by atoms with E-state index in [2.05, 4.69) is 5.32 Å². The van der Waals surface area contributed by atoms with Crippen LogP contribution >= 0.6 is 11.8 Å². The van der Waals surface area contributed by atoms with Crippen LogP contribution in [0.2, 0.25) is 0 Å². The predicted octanol–water partition coefficient (Wildman–Crippen LogP) is 2.42. The van der Waals surface area contributed by atoms with Crippen LogP contribution in [0.1, 0.15) is 39.2 Å². The van der Waals surface area contributed by atoms with Gasteiger partial charge in [-0.1, -0.05) is 19.9 Å². The number of sulfonamides is 1. The van der Waals surface area contributed by atoms with Gasteiger partial charge in [0.2, 0.25) is 21.8 Å². The average Bonchev–Trinajstić information content (AvgIpc) is 3.13. The van der Waals surface area contributed by atoms with Crippen molar-refractivity contribution in [3.63, 3.8) is 0 Å². The second-order valence-electron chi connectivity index (χ2n) is 7.32. The van der Waals surface area contributed by atoms with E-state index in [-0.39, 0.29) is 21.6 Å². The fraction of sp³-hybridized carbons (Fsp3) is 0.579. The number of benzene rings is 1. The van der Waals surface area contributed by atoms with Gasteiger partial charge in [0.25, 0.3) is 0 Å². The van der Waals surface area contributed by atoms with Crippen LogP contribution in [0, 0.1) is 6.92 Å². The second-order valence-corrected chi connectivity index (χ2v) is 10.7. The number of carbonyl (C=O) groups excluding carboxylic acids is 2. The first-order chi connectivity index (χ1) is 13.1. The van der Waals surface area contributed by atoms with Crippen LogP contribution in [0.4, 0.5) is 5.69 Å². The predicted molar refractivity (Wildman–Crippen MR) is 111 cm³/mol. The second kappa shape index (κ2) is 7.68. The van der Waals surface area contributed by atoms with Gasteiger partial charge in [-0.25, -0.2) is 8.42 Å². The maximum atomic E-state index is 12.9. The summed E-state index contributed by atoms with van der Waals surface area (Å²) in [7, 11) is -3.63. The van der Waals surface area contributed by atoms with Crippen LogP contribution in [0.25, 0.3) is 0 Å². The number of rotatable bonds is 6. The van der Waals surface area contributed by atoms with Gasteiger partial charge >= 0.3 is 0 Å². The summed E-state index contributed by atoms with van der Waals surface area (Å²) in [5.41, 5.74) is 1.05. The molecule has 154 valence electrons. The molecule has 28 heavy (non-hydrogen) atoms. The minimum atomic E-state index is -3.63. The smallest absolute Gasteiger partial charge is 0.248 e. The summed E-state index contributed by atoms with van der Waals surface area (Å²) in [6.45, 7) is 8.09. The number of hydrogen-bond acceptors (Lipinski definition) is 5. The van der Waals surface area contributed by atoms with Crippen molar-refractivity contribution in [1.82, 2.24) is 9.21 Å². The lowest BCUT2D eigenvalue weighted by atomic mass is 10.2. The Morgan fingerprint density at radius 1 is 1.36 bits per heavy atom. The fourth-order valence-corrected chi connectivity index (χ4v) is 7.04. The number of amides is 2. The number of anilines is 1. The molecule has 9 heteroatoms. The molecule has 0 aromatic heterocycles. The molecule has 0 unspecified atom stereocenters. The first-order valence-corrected chi connectivity index (χ1v) is 11.9. The Kier molecular flexibility index (Phi) is 5.80. The molecular formula is C19H27N3O4S2. The molecule has 2 saturated heterocycles. The van der Waals surface area contributed by atoms with E-state index in [1.165, 1.54) is 10.4 Å². The third kappa shape index (κ3) is 3.55. The summed E-state index contributed by atoms with van der Waals surface area (Å²) in [6, 6.07) is 4.37. The van der Waals surface area contributed by atoms with Crippen LogP contribution in [0.3, 0.4) is 0 Å². The molecule has 2 heterocycles. The zero-order valence-electron chi connectivity index (χ0n) is 16.7. The van der Waals surface area contributed by atoms with Gasteiger partial charge in [0, 0.05) is 31.0 Å². The highest BCUT2D eigenvalue weighted by Crippen LogP contribution is 2.47. The molecule has 0 aliphatic carbocycles. The van der Waals surface area contributed by atoms with Crippen LogP contribution in [0.15, 0.2) is 23.1 Å². The quantitative estimate of drug-likeness (QED) is 0.756. The zero-order valence-corrected chi connectivity index (χ0v) is 18.3. The standard InChI is InChI=1S/C19H27N3O4S2/c1-5-21(6-2)28(25,26)16-11-14(8-7-13(16)3)20-18(24)15-12-27-19(4)10-9-17(23)22(15)19/h7-8,11,15H,5-6,9-10,12H2,1-4H3,(H,20,24)/t15-,19-/m1/s1. The molecule has 2 aliphatic heterocycles. The molecule has 7 nitrogen and oxygen atoms in total. The molecule has 1 aromatic carbocycles. The van der Waals surface area contributed by atoms with Crippen LogP contribution in [-0.4, -0.2) is 59.2 Å². The fourth-order valence-electron chi connectivity index (χ4n) is 3.90. The Morgan fingerprint density at radius 3 is 2.68 bits per heavy atom. The van der Waals surface area contributed by atoms with Gasteiger partial charge in [-0.05, 0) is 38.0 Å². The van der Waals surface area contributed by atoms with Crippen molar-refractivity contribution in [1.29, 1.82) is 0 Å². The molecule has 0 radical (unpaired) electrons. The van der Waals surface area contributed by atoms with E-state index in [1.54, 1.807) is 49.6 Å². The summed E-state index contributed by atoms with van der Waals surface area (Å²) in [6.07, 6.45) is 1.21. The Labute approximate surface area is 170 Å². The molecule has 3 rings (SSSR count). The molecule has 2 fully saturated rings. The monoisotopic (exact) mass is 425 g/mol. The normalized spacial score (nSPS) is 24.7. The SMILES string of the molecule is CCN(CC)S(=O)(=O)c1cc(NC(=O)[C@H]2CS[C@]3(C)CCC(=O)N23)ccc1C. The maximum Gasteiger partial charge on any atom is 0.248 e. The lowest BCUT2D eigenvalue weighted by molar-refractivity contribution is -0.135. The van der Waals surface area contributed by atoms with Crippen molar-refractivity contribution in [3.8, 4) is 0 Å². The number of nitrogens with one attached hydrogen (secondary N) is 1. The highest BCUT2D eigenvalue weighted by atomic mass is 32.2. The van der Waals surface area contributed by atoms with E-state index in [0.717, 1.165) is 6.42 Å². The Morgan fingerprint density at radius 2 is 2.04 bits per heavy atom. The molecule has 2 amide bonds. The Balaban J connectivity index is 1.84. The molecule has 0 spiro atoms. The van der Waals surface area contributed by atoms with Crippen molar-refractivity contribution in [2.24, 2.45) is 0 Å². The summed E-state index contributed by atoms with van der Waals surface area (Å²) >= 11 is 1.63. The van der Waals surface area contributed by atoms with Crippen LogP contribution < -0.4 is 5.32 Å². The van der Waals surface area contributed by atoms with Crippen molar-refractivity contribution < 1.29 is 18.0 Å². The van der Waals surface area contributed by atoms with E-state index in [1.807, 2.05) is 6.92 Å². The van der Waals surface area contributed by atoms with E-state index in [0.29, 0.717) is 36.5 Å². The van der Waals surface area contributed by atoms with Gasteiger partial charge in [-0.2, -0.15) is 4.31 Å². The Bertz CT molecular complexity index is 898. The third-order valence-corrected chi connectivity index (χ3v) is 9.22. The van der Waals surface area contributed by atoms with E-state index in [4.69, 9.17) is 0 Å². The van der Waals surface area contributed by atoms with Gasteiger partial charge in [-0.15, -0.1) is 11.8 Å². The van der Waals surface area contributed by atoms with Gasteiger partial charge in [0.05, 0.1) is 9.77 Å². The zero-order chi connectivity index (χ0) is 20.7. The van der Waals surface area contributed by atoms with Crippen LogP contribution in [0.5, 0.6) is 0 Å². The van der Waals surface area contributed by atoms with Gasteiger partial charge in [0.1, 0.15) is 6.04 Å². The minimum Gasteiger partial charge on any atom is -0.324 e. The van der Waals surface area contributed by atoms with E-state index >= 15 is 0 Å². The van der Waals surface area contributed by atoms with Gasteiger partial charge in [0.15, 0.2) is 0 Å². The largest absolute Gasteiger partial charge is 0.324 e. The van der Waals surface area contributed by atoms with Gasteiger partial charge < -0.3 is 10.2 Å². The lowest BCUT2D eigenvalue weighted by Gasteiger charge is -2.29. The number of hydrogen-bond donors (Lipinski definition) is 1. The van der Waals surface area contributed by atoms with Crippen LogP contribution in [-0.2, 0) is 19.6 Å². The highest BCUT2D eigenvalue weighted by Gasteiger charge is 2.52. The first-order valence-electron chi connectivity index (χ1n) is 9.52. The van der Waals surface area contributed by atoms with Crippen molar-refractivity contribution in [3.05, 3.63) is 23.8 Å². The highest BCUT2D eigenvalue weighted by molar-refractivity contribution is 8.01. The number of carbonyl (C=O) groups is 2. The summed E-state index contributed by atoms with van der Waals surface area (Å²) in [5.74, 6) is 0.271. The topological polar surface area (TPSA) is 86.8 Å². The summed E-state index contributed by atoms with van der Waals surface area (Å²) in [5, 5.41) is 2.82. The lowest BCUT2D eigenvalue weighted by Crippen LogP contribution is -2.48. The molecular weight excluding hydrogens is 398 g/mol. The number of thioether (sulfide) groups is 1. The molecule has 2 aliphatic rings. The molecule has 1 N–H and O–H groups in total. The van der Waals surface area contributed by atoms with Crippen molar-refractivity contribution in [2.45, 2.75) is 56.3 Å². The summed E-state index contributed by atoms with van der Waals surface area (Å²) in [4.78, 5) is 26.7. The van der Waals surface area contributed by atoms with E-state index < -0.39 is 16.1 Å². The van der Waals surface area contributed by atoms with Crippen molar-refractivity contribution in [2.75, 3.05) is 24.2 Å². The van der Waals surface area contributed by atoms with Gasteiger partial charge in [-0.3, -0.25) is 9.59 Å². The first kappa shape index (κ1) is 21.1. The Hall–Kier alpha value is -1.58. The third-order valence-electron chi connectivity index (χ3n) is 5.53. The number of nitrogens with zero attached hydrogens (tertiary/aromatic N) is 2. The molecule has 0 saturated carbocycles. The number of fused-ring (bicyclic) bond motifs is 1. The average molecular weight is 426 g/mol. The molecule has 1 aromatic rings.